The van der Waals surface area contributed by atoms with E-state index in [4.69, 9.17) is 11.6 Å². The third kappa shape index (κ3) is 4.04. The van der Waals surface area contributed by atoms with E-state index in [1.54, 1.807) is 72.8 Å². The monoisotopic (exact) mass is 419 g/mol. The van der Waals surface area contributed by atoms with Crippen LogP contribution in [0.25, 0.3) is 0 Å². The summed E-state index contributed by atoms with van der Waals surface area (Å²) in [5.74, 6) is -1.14. The fourth-order valence-corrected chi connectivity index (χ4v) is 3.49. The fraction of sp³-hybridized carbons (Fsp3) is 0.0870. The Morgan fingerprint density at radius 3 is 2.33 bits per heavy atom. The van der Waals surface area contributed by atoms with Crippen LogP contribution < -0.4 is 15.5 Å². The number of para-hydroxylation sites is 2. The molecule has 0 bridgehead atoms. The molecule has 0 unspecified atom stereocenters. The van der Waals surface area contributed by atoms with E-state index in [0.29, 0.717) is 27.6 Å². The van der Waals surface area contributed by atoms with E-state index in [1.807, 2.05) is 6.07 Å². The Bertz CT molecular complexity index is 1100. The van der Waals surface area contributed by atoms with E-state index in [-0.39, 0.29) is 18.2 Å². The van der Waals surface area contributed by atoms with Crippen molar-refractivity contribution in [2.24, 2.45) is 0 Å². The van der Waals surface area contributed by atoms with Crippen molar-refractivity contribution in [2.75, 3.05) is 15.5 Å². The summed E-state index contributed by atoms with van der Waals surface area (Å²) in [6, 6.07) is 21.4. The van der Waals surface area contributed by atoms with Crippen LogP contribution in [0.3, 0.4) is 0 Å². The summed E-state index contributed by atoms with van der Waals surface area (Å²) < 4.78 is 0. The maximum absolute atomic E-state index is 13.3. The predicted molar refractivity (Wildman–Crippen MR) is 117 cm³/mol. The van der Waals surface area contributed by atoms with Gasteiger partial charge < -0.3 is 10.6 Å². The average Bonchev–Trinajstić information content (AvgIpc) is 2.76. The van der Waals surface area contributed by atoms with Crippen LogP contribution in [0.15, 0.2) is 78.9 Å². The van der Waals surface area contributed by atoms with Crippen LogP contribution in [0.5, 0.6) is 0 Å². The lowest BCUT2D eigenvalue weighted by Gasteiger charge is -2.36. The normalized spacial score (nSPS) is 15.2. The molecule has 1 atom stereocenters. The van der Waals surface area contributed by atoms with Gasteiger partial charge in [-0.25, -0.2) is 0 Å². The van der Waals surface area contributed by atoms with Crippen molar-refractivity contribution >= 4 is 46.4 Å². The molecular weight excluding hydrogens is 402 g/mol. The van der Waals surface area contributed by atoms with Crippen LogP contribution in [0.2, 0.25) is 5.02 Å². The van der Waals surface area contributed by atoms with Crippen LogP contribution >= 0.6 is 11.6 Å². The van der Waals surface area contributed by atoms with Gasteiger partial charge in [-0.05, 0) is 48.5 Å². The number of carbonyl (C=O) groups excluding carboxylic acids is 3. The standard InChI is InChI=1S/C23H18ClN3O3/c24-16-10-12-17(13-11-16)25-21(28)14-20-22(29)26-18-8-4-5-9-19(18)27(20)23(30)15-6-2-1-3-7-15/h1-13,20H,14H2,(H,25,28)(H,26,29)/t20-/m1/s1. The van der Waals surface area contributed by atoms with E-state index >= 15 is 0 Å². The molecule has 7 heteroatoms. The second-order valence-electron chi connectivity index (χ2n) is 6.82. The van der Waals surface area contributed by atoms with Crippen LogP contribution in [-0.2, 0) is 9.59 Å². The molecule has 0 radical (unpaired) electrons. The quantitative estimate of drug-likeness (QED) is 0.660. The lowest BCUT2D eigenvalue weighted by atomic mass is 10.0. The van der Waals surface area contributed by atoms with Crippen molar-refractivity contribution in [3.63, 3.8) is 0 Å². The van der Waals surface area contributed by atoms with Gasteiger partial charge in [-0.1, -0.05) is 41.9 Å². The van der Waals surface area contributed by atoms with Crippen molar-refractivity contribution in [3.05, 3.63) is 89.4 Å². The molecule has 3 aromatic rings. The van der Waals surface area contributed by atoms with Crippen molar-refractivity contribution in [2.45, 2.75) is 12.5 Å². The number of nitrogens with zero attached hydrogens (tertiary/aromatic N) is 1. The molecule has 30 heavy (non-hydrogen) atoms. The maximum atomic E-state index is 13.3. The van der Waals surface area contributed by atoms with Gasteiger partial charge in [0.05, 0.1) is 17.8 Å². The first-order chi connectivity index (χ1) is 14.5. The van der Waals surface area contributed by atoms with Gasteiger partial charge in [0, 0.05) is 16.3 Å². The van der Waals surface area contributed by atoms with Crippen molar-refractivity contribution in [1.82, 2.24) is 0 Å². The number of anilines is 3. The summed E-state index contributed by atoms with van der Waals surface area (Å²) in [5, 5.41) is 6.09. The summed E-state index contributed by atoms with van der Waals surface area (Å²) in [6.07, 6.45) is -0.193. The summed E-state index contributed by atoms with van der Waals surface area (Å²) >= 11 is 5.87. The summed E-state index contributed by atoms with van der Waals surface area (Å²) in [5.41, 5.74) is 2.07. The second kappa shape index (κ2) is 8.39. The van der Waals surface area contributed by atoms with Gasteiger partial charge in [-0.3, -0.25) is 19.3 Å². The van der Waals surface area contributed by atoms with E-state index in [0.717, 1.165) is 0 Å². The molecule has 1 aliphatic rings. The van der Waals surface area contributed by atoms with Crippen molar-refractivity contribution in [3.8, 4) is 0 Å². The molecule has 0 aromatic heterocycles. The molecule has 0 fully saturated rings. The minimum Gasteiger partial charge on any atom is -0.326 e. The number of fused-ring (bicyclic) bond motifs is 1. The SMILES string of the molecule is O=C(C[C@@H]1C(=O)Nc2ccccc2N1C(=O)c1ccccc1)Nc1ccc(Cl)cc1. The molecule has 0 saturated heterocycles. The first-order valence-corrected chi connectivity index (χ1v) is 9.74. The van der Waals surface area contributed by atoms with E-state index in [1.165, 1.54) is 4.90 Å². The zero-order chi connectivity index (χ0) is 21.1. The van der Waals surface area contributed by atoms with Gasteiger partial charge in [0.15, 0.2) is 0 Å². The highest BCUT2D eigenvalue weighted by molar-refractivity contribution is 6.30. The molecule has 3 amide bonds. The first-order valence-electron chi connectivity index (χ1n) is 9.37. The third-order valence-corrected chi connectivity index (χ3v) is 5.03. The Morgan fingerprint density at radius 2 is 1.60 bits per heavy atom. The summed E-state index contributed by atoms with van der Waals surface area (Å²) in [4.78, 5) is 40.2. The van der Waals surface area contributed by atoms with Crippen LogP contribution in [0.1, 0.15) is 16.8 Å². The molecule has 0 saturated carbocycles. The highest BCUT2D eigenvalue weighted by Gasteiger charge is 2.38. The summed E-state index contributed by atoms with van der Waals surface area (Å²) in [6.45, 7) is 0. The molecular formula is C23H18ClN3O3. The molecule has 0 aliphatic carbocycles. The van der Waals surface area contributed by atoms with Crippen LogP contribution in [-0.4, -0.2) is 23.8 Å². The van der Waals surface area contributed by atoms with Gasteiger partial charge in [0.1, 0.15) is 6.04 Å². The van der Waals surface area contributed by atoms with Crippen LogP contribution in [0, 0.1) is 0 Å². The Morgan fingerprint density at radius 1 is 0.933 bits per heavy atom. The number of rotatable bonds is 4. The highest BCUT2D eigenvalue weighted by atomic mass is 35.5. The Balaban J connectivity index is 1.64. The number of hydrogen-bond acceptors (Lipinski definition) is 3. The van der Waals surface area contributed by atoms with E-state index < -0.39 is 11.9 Å². The molecule has 0 spiro atoms. The lowest BCUT2D eigenvalue weighted by molar-refractivity contribution is -0.122. The smallest absolute Gasteiger partial charge is 0.259 e. The highest BCUT2D eigenvalue weighted by Crippen LogP contribution is 2.34. The van der Waals surface area contributed by atoms with E-state index in [2.05, 4.69) is 10.6 Å². The van der Waals surface area contributed by atoms with Crippen molar-refractivity contribution < 1.29 is 14.4 Å². The van der Waals surface area contributed by atoms with Crippen molar-refractivity contribution in [1.29, 1.82) is 0 Å². The zero-order valence-corrected chi connectivity index (χ0v) is 16.6. The average molecular weight is 420 g/mol. The largest absolute Gasteiger partial charge is 0.326 e. The van der Waals surface area contributed by atoms with Gasteiger partial charge in [-0.15, -0.1) is 0 Å². The minimum atomic E-state index is -0.986. The second-order valence-corrected chi connectivity index (χ2v) is 7.26. The molecule has 150 valence electrons. The molecule has 6 nitrogen and oxygen atoms in total. The van der Waals surface area contributed by atoms with Crippen LogP contribution in [0.4, 0.5) is 17.1 Å². The maximum Gasteiger partial charge on any atom is 0.259 e. The molecule has 2 N–H and O–H groups in total. The number of halogens is 1. The molecule has 1 aliphatic heterocycles. The van der Waals surface area contributed by atoms with Gasteiger partial charge in [-0.2, -0.15) is 0 Å². The van der Waals surface area contributed by atoms with E-state index in [9.17, 15) is 14.4 Å². The zero-order valence-electron chi connectivity index (χ0n) is 15.8. The molecule has 4 rings (SSSR count). The molecule has 1 heterocycles. The minimum absolute atomic E-state index is 0.193. The Hall–Kier alpha value is -3.64. The van der Waals surface area contributed by atoms with Gasteiger partial charge in [0.2, 0.25) is 11.8 Å². The molecule has 3 aromatic carbocycles. The first kappa shape index (κ1) is 19.7. The predicted octanol–water partition coefficient (Wildman–Crippen LogP) is 4.34. The number of nitrogens with one attached hydrogen (secondary N) is 2. The Kier molecular flexibility index (Phi) is 5.50. The topological polar surface area (TPSA) is 78.5 Å². The third-order valence-electron chi connectivity index (χ3n) is 4.78. The van der Waals surface area contributed by atoms with Gasteiger partial charge in [0.25, 0.3) is 5.91 Å². The summed E-state index contributed by atoms with van der Waals surface area (Å²) in [7, 11) is 0. The number of benzene rings is 3. The Labute approximate surface area is 178 Å². The lowest BCUT2D eigenvalue weighted by Crippen LogP contribution is -2.52. The number of carbonyl (C=O) groups is 3. The number of hydrogen-bond donors (Lipinski definition) is 2. The van der Waals surface area contributed by atoms with Gasteiger partial charge >= 0.3 is 0 Å². The fourth-order valence-electron chi connectivity index (χ4n) is 3.37. The number of amides is 3.